The van der Waals surface area contributed by atoms with Crippen molar-refractivity contribution in [2.75, 3.05) is 5.73 Å². The first kappa shape index (κ1) is 12.9. The Balaban J connectivity index is 2.32. The van der Waals surface area contributed by atoms with E-state index in [0.29, 0.717) is 15.7 Å². The Bertz CT molecular complexity index is 568. The van der Waals surface area contributed by atoms with E-state index in [2.05, 4.69) is 26.1 Å². The molecule has 0 radical (unpaired) electrons. The van der Waals surface area contributed by atoms with Crippen LogP contribution >= 0.6 is 15.9 Å². The number of nitrogens with two attached hydrogens (primary N) is 1. The van der Waals surface area contributed by atoms with E-state index in [1.165, 1.54) is 0 Å². The Labute approximate surface area is 108 Å². The van der Waals surface area contributed by atoms with Crippen molar-refractivity contribution in [3.05, 3.63) is 28.5 Å². The Morgan fingerprint density at radius 3 is 2.72 bits per heavy atom. The summed E-state index contributed by atoms with van der Waals surface area (Å²) in [5.74, 6) is -0.454. The molecule has 2 rings (SSSR count). The van der Waals surface area contributed by atoms with Gasteiger partial charge < -0.3 is 10.3 Å². The fraction of sp³-hybridized carbons (Fsp3) is 0.200. The van der Waals surface area contributed by atoms with Gasteiger partial charge in [-0.05, 0) is 18.2 Å². The van der Waals surface area contributed by atoms with Gasteiger partial charge in [-0.2, -0.15) is 18.2 Å². The van der Waals surface area contributed by atoms with Crippen LogP contribution in [0.15, 0.2) is 27.2 Å². The Kier molecular flexibility index (Phi) is 3.29. The van der Waals surface area contributed by atoms with Crippen LogP contribution in [0.2, 0.25) is 0 Å². The van der Waals surface area contributed by atoms with Crippen LogP contribution < -0.4 is 5.73 Å². The summed E-state index contributed by atoms with van der Waals surface area (Å²) >= 11 is 3.22. The summed E-state index contributed by atoms with van der Waals surface area (Å²) in [6, 6.07) is 4.89. The molecule has 4 nitrogen and oxygen atoms in total. The summed E-state index contributed by atoms with van der Waals surface area (Å²) in [5, 5.41) is 3.27. The number of aromatic nitrogens is 2. The van der Waals surface area contributed by atoms with Gasteiger partial charge in [0.1, 0.15) is 6.42 Å². The van der Waals surface area contributed by atoms with E-state index in [1.807, 2.05) is 0 Å². The highest BCUT2D eigenvalue weighted by Gasteiger charge is 2.30. The van der Waals surface area contributed by atoms with Gasteiger partial charge in [0.15, 0.2) is 5.82 Å². The maximum absolute atomic E-state index is 12.1. The first-order valence-corrected chi connectivity index (χ1v) is 5.59. The van der Waals surface area contributed by atoms with Crippen LogP contribution in [-0.2, 0) is 6.42 Å². The predicted octanol–water partition coefficient (Wildman–Crippen LogP) is 3.19. The smallest absolute Gasteiger partial charge is 0.396 e. The maximum atomic E-state index is 12.1. The number of benzene rings is 1. The molecule has 0 fully saturated rings. The highest BCUT2D eigenvalue weighted by Crippen LogP contribution is 2.28. The number of hydrogen-bond donors (Lipinski definition) is 1. The Morgan fingerprint density at radius 1 is 1.33 bits per heavy atom. The summed E-state index contributed by atoms with van der Waals surface area (Å²) < 4.78 is 41.9. The molecule has 1 aromatic heterocycles. The van der Waals surface area contributed by atoms with E-state index >= 15 is 0 Å². The quantitative estimate of drug-likeness (QED) is 0.863. The topological polar surface area (TPSA) is 64.9 Å². The molecule has 18 heavy (non-hydrogen) atoms. The largest absolute Gasteiger partial charge is 0.398 e. The number of nitrogens with zero attached hydrogens (tertiary/aromatic N) is 2. The fourth-order valence-corrected chi connectivity index (χ4v) is 1.69. The molecular weight excluding hydrogens is 315 g/mol. The first-order valence-electron chi connectivity index (χ1n) is 4.80. The van der Waals surface area contributed by atoms with E-state index in [0.717, 1.165) is 0 Å². The summed E-state index contributed by atoms with van der Waals surface area (Å²) in [7, 11) is 0. The Hall–Kier alpha value is -1.57. The van der Waals surface area contributed by atoms with Crippen molar-refractivity contribution in [1.29, 1.82) is 0 Å². The van der Waals surface area contributed by atoms with E-state index in [1.54, 1.807) is 18.2 Å². The van der Waals surface area contributed by atoms with Crippen molar-refractivity contribution in [2.45, 2.75) is 12.6 Å². The minimum Gasteiger partial charge on any atom is -0.398 e. The van der Waals surface area contributed by atoms with Gasteiger partial charge in [0.25, 0.3) is 5.89 Å². The number of anilines is 1. The number of nitrogen functional groups attached to an aromatic ring is 1. The average molecular weight is 322 g/mol. The number of rotatable bonds is 2. The van der Waals surface area contributed by atoms with Gasteiger partial charge in [0.2, 0.25) is 0 Å². The summed E-state index contributed by atoms with van der Waals surface area (Å²) in [4.78, 5) is 3.67. The minimum atomic E-state index is -4.37. The third kappa shape index (κ3) is 3.00. The van der Waals surface area contributed by atoms with E-state index in [9.17, 15) is 13.2 Å². The number of hydrogen-bond acceptors (Lipinski definition) is 4. The molecule has 0 saturated carbocycles. The van der Waals surface area contributed by atoms with Crippen molar-refractivity contribution in [1.82, 2.24) is 10.1 Å². The lowest BCUT2D eigenvalue weighted by Gasteiger charge is -2.01. The second kappa shape index (κ2) is 4.60. The zero-order valence-electron chi connectivity index (χ0n) is 8.83. The number of alkyl halides is 3. The molecule has 0 spiro atoms. The zero-order chi connectivity index (χ0) is 13.3. The molecule has 0 aliphatic heterocycles. The van der Waals surface area contributed by atoms with Gasteiger partial charge in [0, 0.05) is 10.2 Å². The highest BCUT2D eigenvalue weighted by molar-refractivity contribution is 9.10. The molecule has 0 amide bonds. The molecule has 2 aromatic rings. The number of halogens is 4. The molecule has 0 aliphatic carbocycles. The molecule has 2 N–H and O–H groups in total. The molecule has 0 atom stereocenters. The monoisotopic (exact) mass is 321 g/mol. The highest BCUT2D eigenvalue weighted by atomic mass is 79.9. The van der Waals surface area contributed by atoms with Crippen LogP contribution in [0.25, 0.3) is 11.5 Å². The van der Waals surface area contributed by atoms with Crippen LogP contribution in [0, 0.1) is 0 Å². The predicted molar refractivity (Wildman–Crippen MR) is 61.6 cm³/mol. The zero-order valence-corrected chi connectivity index (χ0v) is 10.4. The van der Waals surface area contributed by atoms with E-state index in [4.69, 9.17) is 10.3 Å². The van der Waals surface area contributed by atoms with E-state index in [-0.39, 0.29) is 5.89 Å². The molecule has 8 heteroatoms. The second-order valence-electron chi connectivity index (χ2n) is 3.54. The lowest BCUT2D eigenvalue weighted by atomic mass is 10.2. The summed E-state index contributed by atoms with van der Waals surface area (Å²) in [6.07, 6.45) is -5.60. The van der Waals surface area contributed by atoms with Crippen molar-refractivity contribution in [3.8, 4) is 11.5 Å². The maximum Gasteiger partial charge on any atom is 0.396 e. The normalized spacial score (nSPS) is 11.8. The van der Waals surface area contributed by atoms with Crippen LogP contribution in [0.5, 0.6) is 0 Å². The fourth-order valence-electron chi connectivity index (χ4n) is 1.33. The van der Waals surface area contributed by atoms with Crippen LogP contribution in [-0.4, -0.2) is 16.3 Å². The van der Waals surface area contributed by atoms with Gasteiger partial charge in [-0.1, -0.05) is 21.1 Å². The minimum absolute atomic E-state index is 0.0342. The molecule has 1 heterocycles. The van der Waals surface area contributed by atoms with Crippen LogP contribution in [0.3, 0.4) is 0 Å². The van der Waals surface area contributed by atoms with Crippen molar-refractivity contribution < 1.29 is 17.7 Å². The van der Waals surface area contributed by atoms with Gasteiger partial charge in [-0.3, -0.25) is 0 Å². The SMILES string of the molecule is Nc1ccc(Br)cc1-c1nc(CC(F)(F)F)no1. The lowest BCUT2D eigenvalue weighted by Crippen LogP contribution is -2.12. The van der Waals surface area contributed by atoms with Crippen LogP contribution in [0.4, 0.5) is 18.9 Å². The lowest BCUT2D eigenvalue weighted by molar-refractivity contribution is -0.128. The molecule has 0 unspecified atom stereocenters. The van der Waals surface area contributed by atoms with Crippen LogP contribution in [0.1, 0.15) is 5.82 Å². The average Bonchev–Trinajstić information content (AvgIpc) is 2.67. The molecule has 96 valence electrons. The van der Waals surface area contributed by atoms with Crippen molar-refractivity contribution in [3.63, 3.8) is 0 Å². The molecule has 0 saturated heterocycles. The van der Waals surface area contributed by atoms with E-state index < -0.39 is 18.4 Å². The first-order chi connectivity index (χ1) is 8.35. The third-order valence-electron chi connectivity index (χ3n) is 2.07. The summed E-state index contributed by atoms with van der Waals surface area (Å²) in [5.41, 5.74) is 6.43. The molecule has 1 aromatic carbocycles. The molecule has 0 bridgehead atoms. The van der Waals surface area contributed by atoms with Gasteiger partial charge in [-0.25, -0.2) is 0 Å². The standard InChI is InChI=1S/C10H7BrF3N3O/c11-5-1-2-7(15)6(3-5)9-16-8(17-18-9)4-10(12,13)14/h1-3H,4,15H2. The van der Waals surface area contributed by atoms with Gasteiger partial charge in [0.05, 0.1) is 5.56 Å². The summed E-state index contributed by atoms with van der Waals surface area (Å²) in [6.45, 7) is 0. The second-order valence-corrected chi connectivity index (χ2v) is 4.45. The van der Waals surface area contributed by atoms with Crippen molar-refractivity contribution in [2.24, 2.45) is 0 Å². The van der Waals surface area contributed by atoms with Crippen molar-refractivity contribution >= 4 is 21.6 Å². The Morgan fingerprint density at radius 2 is 2.06 bits per heavy atom. The third-order valence-corrected chi connectivity index (χ3v) is 2.57. The molecule has 0 aliphatic rings. The van der Waals surface area contributed by atoms with Gasteiger partial charge in [-0.15, -0.1) is 0 Å². The molecular formula is C10H7BrF3N3O. The van der Waals surface area contributed by atoms with Gasteiger partial charge >= 0.3 is 6.18 Å².